The Balaban J connectivity index is 1.95. The van der Waals surface area contributed by atoms with Crippen molar-refractivity contribution in [1.82, 2.24) is 0 Å². The van der Waals surface area contributed by atoms with Crippen LogP contribution in [0.25, 0.3) is 0 Å². The molecule has 110 valence electrons. The predicted molar refractivity (Wildman–Crippen MR) is 75.8 cm³/mol. The molecule has 3 rings (SSSR count). The second kappa shape index (κ2) is 5.11. The first-order chi connectivity index (χ1) is 9.97. The predicted octanol–water partition coefficient (Wildman–Crippen LogP) is 3.30. The molecule has 1 heterocycles. The molecule has 2 aromatic carbocycles. The molecule has 1 atom stereocenters. The van der Waals surface area contributed by atoms with Crippen LogP contribution in [0.15, 0.2) is 47.4 Å². The third-order valence-electron chi connectivity index (χ3n) is 3.57. The molecular formula is C15H13F2NO2S. The highest BCUT2D eigenvalue weighted by Gasteiger charge is 2.29. The molecule has 1 N–H and O–H groups in total. The van der Waals surface area contributed by atoms with Crippen LogP contribution >= 0.6 is 0 Å². The van der Waals surface area contributed by atoms with Crippen molar-refractivity contribution in [2.45, 2.75) is 17.4 Å². The highest BCUT2D eigenvalue weighted by atomic mass is 32.2. The van der Waals surface area contributed by atoms with Gasteiger partial charge < -0.3 is 5.32 Å². The van der Waals surface area contributed by atoms with Crippen LogP contribution in [0.5, 0.6) is 0 Å². The van der Waals surface area contributed by atoms with Crippen LogP contribution in [-0.4, -0.2) is 14.2 Å². The fraction of sp³-hybridized carbons (Fsp3) is 0.200. The van der Waals surface area contributed by atoms with Crippen molar-refractivity contribution in [1.29, 1.82) is 0 Å². The number of anilines is 1. The number of nitrogens with one attached hydrogen (secondary N) is 1. The molecule has 0 saturated heterocycles. The fourth-order valence-electron chi connectivity index (χ4n) is 2.53. The van der Waals surface area contributed by atoms with Gasteiger partial charge in [-0.3, -0.25) is 0 Å². The lowest BCUT2D eigenvalue weighted by atomic mass is 10.0. The number of benzene rings is 2. The summed E-state index contributed by atoms with van der Waals surface area (Å²) in [6.45, 7) is 0. The van der Waals surface area contributed by atoms with Crippen molar-refractivity contribution in [2.75, 3.05) is 11.1 Å². The molecule has 0 aromatic heterocycles. The molecular weight excluding hydrogens is 296 g/mol. The Morgan fingerprint density at radius 3 is 2.57 bits per heavy atom. The third-order valence-corrected chi connectivity index (χ3v) is 5.38. The summed E-state index contributed by atoms with van der Waals surface area (Å²) in [5.74, 6) is -1.81. The number of halogens is 2. The van der Waals surface area contributed by atoms with Crippen LogP contribution < -0.4 is 5.32 Å². The van der Waals surface area contributed by atoms with Gasteiger partial charge in [0.1, 0.15) is 0 Å². The lowest BCUT2D eigenvalue weighted by Crippen LogP contribution is -2.24. The largest absolute Gasteiger partial charge is 0.378 e. The van der Waals surface area contributed by atoms with E-state index >= 15 is 0 Å². The molecule has 6 heteroatoms. The normalized spacial score (nSPS) is 19.8. The Labute approximate surface area is 121 Å². The van der Waals surface area contributed by atoms with Crippen LogP contribution in [0.3, 0.4) is 0 Å². The van der Waals surface area contributed by atoms with Gasteiger partial charge in [0.05, 0.1) is 16.7 Å². The number of fused-ring (bicyclic) bond motifs is 1. The van der Waals surface area contributed by atoms with E-state index in [1.54, 1.807) is 24.3 Å². The molecule has 0 saturated carbocycles. The van der Waals surface area contributed by atoms with Gasteiger partial charge in [-0.05, 0) is 30.2 Å². The van der Waals surface area contributed by atoms with Gasteiger partial charge in [-0.1, -0.05) is 18.2 Å². The standard InChI is InChI=1S/C15H13F2NO2S/c16-12-6-5-10(9-13(12)17)18-14-7-8-21(19,20)15-4-2-1-3-11(14)15/h1-6,9,14,18H,7-8H2. The number of sulfone groups is 1. The monoisotopic (exact) mass is 309 g/mol. The molecule has 1 unspecified atom stereocenters. The summed E-state index contributed by atoms with van der Waals surface area (Å²) in [7, 11) is -3.26. The zero-order valence-electron chi connectivity index (χ0n) is 11.0. The van der Waals surface area contributed by atoms with E-state index in [0.717, 1.165) is 12.1 Å². The first kappa shape index (κ1) is 14.0. The maximum absolute atomic E-state index is 13.2. The topological polar surface area (TPSA) is 46.2 Å². The van der Waals surface area contributed by atoms with Crippen molar-refractivity contribution >= 4 is 15.5 Å². The first-order valence-electron chi connectivity index (χ1n) is 6.51. The van der Waals surface area contributed by atoms with Crippen LogP contribution in [0, 0.1) is 11.6 Å². The highest BCUT2D eigenvalue weighted by molar-refractivity contribution is 7.91. The van der Waals surface area contributed by atoms with E-state index in [1.807, 2.05) is 0 Å². The second-order valence-electron chi connectivity index (χ2n) is 4.97. The van der Waals surface area contributed by atoms with Gasteiger partial charge in [0.25, 0.3) is 0 Å². The van der Waals surface area contributed by atoms with Crippen molar-refractivity contribution in [3.8, 4) is 0 Å². The Bertz CT molecular complexity index is 790. The summed E-state index contributed by atoms with van der Waals surface area (Å²) in [5, 5.41) is 3.07. The Morgan fingerprint density at radius 2 is 1.81 bits per heavy atom. The summed E-state index contributed by atoms with van der Waals surface area (Å²) < 4.78 is 50.2. The minimum Gasteiger partial charge on any atom is -0.378 e. The van der Waals surface area contributed by atoms with E-state index in [1.165, 1.54) is 6.07 Å². The van der Waals surface area contributed by atoms with Crippen molar-refractivity contribution in [3.05, 3.63) is 59.7 Å². The quantitative estimate of drug-likeness (QED) is 0.926. The average Bonchev–Trinajstić information content (AvgIpc) is 2.46. The van der Waals surface area contributed by atoms with Crippen molar-refractivity contribution in [2.24, 2.45) is 0 Å². The molecule has 0 bridgehead atoms. The smallest absolute Gasteiger partial charge is 0.178 e. The van der Waals surface area contributed by atoms with Gasteiger partial charge in [0, 0.05) is 11.8 Å². The molecule has 3 nitrogen and oxygen atoms in total. The van der Waals surface area contributed by atoms with Crippen LogP contribution in [0.1, 0.15) is 18.0 Å². The Kier molecular flexibility index (Phi) is 3.41. The van der Waals surface area contributed by atoms with Gasteiger partial charge in [0.2, 0.25) is 0 Å². The lowest BCUT2D eigenvalue weighted by Gasteiger charge is -2.27. The van der Waals surface area contributed by atoms with Gasteiger partial charge in [-0.25, -0.2) is 17.2 Å². The molecule has 0 amide bonds. The lowest BCUT2D eigenvalue weighted by molar-refractivity contribution is 0.508. The molecule has 21 heavy (non-hydrogen) atoms. The minimum absolute atomic E-state index is 0.0331. The second-order valence-corrected chi connectivity index (χ2v) is 7.05. The van der Waals surface area contributed by atoms with Crippen LogP contribution in [0.2, 0.25) is 0 Å². The van der Waals surface area contributed by atoms with E-state index in [4.69, 9.17) is 0 Å². The average molecular weight is 309 g/mol. The van der Waals surface area contributed by atoms with Gasteiger partial charge in [-0.15, -0.1) is 0 Å². The maximum atomic E-state index is 13.2. The van der Waals surface area contributed by atoms with Gasteiger partial charge in [-0.2, -0.15) is 0 Å². The number of rotatable bonds is 2. The van der Waals surface area contributed by atoms with Crippen molar-refractivity contribution < 1.29 is 17.2 Å². The molecule has 1 aliphatic rings. The summed E-state index contributed by atoms with van der Waals surface area (Å²) in [5.41, 5.74) is 1.08. The van der Waals surface area contributed by atoms with E-state index < -0.39 is 21.5 Å². The molecule has 1 aliphatic heterocycles. The van der Waals surface area contributed by atoms with Crippen molar-refractivity contribution in [3.63, 3.8) is 0 Å². The van der Waals surface area contributed by atoms with E-state index in [0.29, 0.717) is 22.6 Å². The molecule has 0 spiro atoms. The SMILES string of the molecule is O=S1(=O)CCC(Nc2ccc(F)c(F)c2)c2ccccc21. The third kappa shape index (κ3) is 2.63. The Morgan fingerprint density at radius 1 is 1.05 bits per heavy atom. The molecule has 0 aliphatic carbocycles. The molecule has 0 radical (unpaired) electrons. The fourth-order valence-corrected chi connectivity index (χ4v) is 4.15. The van der Waals surface area contributed by atoms with Gasteiger partial charge in [0.15, 0.2) is 21.5 Å². The van der Waals surface area contributed by atoms with E-state index in [-0.39, 0.29) is 11.8 Å². The number of hydrogen-bond donors (Lipinski definition) is 1. The van der Waals surface area contributed by atoms with Crippen LogP contribution in [0.4, 0.5) is 14.5 Å². The molecule has 0 fully saturated rings. The zero-order chi connectivity index (χ0) is 15.0. The first-order valence-corrected chi connectivity index (χ1v) is 8.16. The minimum atomic E-state index is -3.26. The van der Waals surface area contributed by atoms with Crippen LogP contribution in [-0.2, 0) is 9.84 Å². The summed E-state index contributed by atoms with van der Waals surface area (Å²) in [4.78, 5) is 0.302. The summed E-state index contributed by atoms with van der Waals surface area (Å²) in [6, 6.07) is 10.1. The molecule has 2 aromatic rings. The number of hydrogen-bond acceptors (Lipinski definition) is 3. The summed E-state index contributed by atoms with van der Waals surface area (Å²) in [6.07, 6.45) is 0.387. The highest BCUT2D eigenvalue weighted by Crippen LogP contribution is 2.34. The summed E-state index contributed by atoms with van der Waals surface area (Å²) >= 11 is 0. The van der Waals surface area contributed by atoms with Gasteiger partial charge >= 0.3 is 0 Å². The Hall–Kier alpha value is -1.95. The zero-order valence-corrected chi connectivity index (χ0v) is 11.8. The van der Waals surface area contributed by atoms with E-state index in [2.05, 4.69) is 5.32 Å². The van der Waals surface area contributed by atoms with E-state index in [9.17, 15) is 17.2 Å². The maximum Gasteiger partial charge on any atom is 0.178 e.